The van der Waals surface area contributed by atoms with Gasteiger partial charge in [0.15, 0.2) is 0 Å². The van der Waals surface area contributed by atoms with Crippen LogP contribution < -0.4 is 5.32 Å². The molecule has 0 spiro atoms. The lowest BCUT2D eigenvalue weighted by atomic mass is 9.82. The van der Waals surface area contributed by atoms with Crippen molar-refractivity contribution >= 4 is 21.8 Å². The molecule has 1 heterocycles. The molecule has 1 saturated heterocycles. The summed E-state index contributed by atoms with van der Waals surface area (Å²) in [5, 5.41) is 3.23. The molecule has 21 heavy (non-hydrogen) atoms. The van der Waals surface area contributed by atoms with Crippen molar-refractivity contribution in [3.63, 3.8) is 0 Å². The zero-order chi connectivity index (χ0) is 15.5. The standard InChI is InChI=1S/C17H25BrN2O/c1-17(2,14-6-8-15(18)9-7-14)16(21)20-10-4-5-13(12-20)11-19-3/h6-9,13,19H,4-5,10-12H2,1-3H3. The van der Waals surface area contributed by atoms with Gasteiger partial charge in [-0.2, -0.15) is 0 Å². The van der Waals surface area contributed by atoms with Gasteiger partial charge in [0, 0.05) is 17.6 Å². The van der Waals surface area contributed by atoms with Gasteiger partial charge in [0.1, 0.15) is 0 Å². The van der Waals surface area contributed by atoms with Crippen molar-refractivity contribution in [2.45, 2.75) is 32.1 Å². The van der Waals surface area contributed by atoms with Crippen molar-refractivity contribution in [2.24, 2.45) is 5.92 Å². The molecule has 1 aliphatic rings. The highest BCUT2D eigenvalue weighted by molar-refractivity contribution is 9.10. The van der Waals surface area contributed by atoms with Crippen LogP contribution in [-0.2, 0) is 10.2 Å². The van der Waals surface area contributed by atoms with Crippen molar-refractivity contribution in [3.8, 4) is 0 Å². The Hall–Kier alpha value is -0.870. The van der Waals surface area contributed by atoms with E-state index >= 15 is 0 Å². The SMILES string of the molecule is CNCC1CCCN(C(=O)C(C)(C)c2ccc(Br)cc2)C1. The number of piperidine rings is 1. The average Bonchev–Trinajstić information content (AvgIpc) is 2.47. The summed E-state index contributed by atoms with van der Waals surface area (Å²) in [5.41, 5.74) is 0.605. The fraction of sp³-hybridized carbons (Fsp3) is 0.588. The topological polar surface area (TPSA) is 32.3 Å². The third-order valence-electron chi connectivity index (χ3n) is 4.40. The summed E-state index contributed by atoms with van der Waals surface area (Å²) < 4.78 is 1.04. The Labute approximate surface area is 136 Å². The maximum atomic E-state index is 12.9. The molecule has 116 valence electrons. The van der Waals surface area contributed by atoms with Crippen LogP contribution in [0, 0.1) is 5.92 Å². The quantitative estimate of drug-likeness (QED) is 0.902. The van der Waals surface area contributed by atoms with Crippen molar-refractivity contribution in [1.82, 2.24) is 10.2 Å². The summed E-state index contributed by atoms with van der Waals surface area (Å²) in [6.45, 7) is 6.81. The van der Waals surface area contributed by atoms with Gasteiger partial charge in [0.25, 0.3) is 0 Å². The second-order valence-corrected chi connectivity index (χ2v) is 7.36. The van der Waals surface area contributed by atoms with E-state index in [2.05, 4.69) is 21.2 Å². The van der Waals surface area contributed by atoms with E-state index in [0.717, 1.165) is 36.1 Å². The van der Waals surface area contributed by atoms with Crippen LogP contribution in [0.25, 0.3) is 0 Å². The first kappa shape index (κ1) is 16.5. The van der Waals surface area contributed by atoms with Gasteiger partial charge in [-0.1, -0.05) is 28.1 Å². The molecular weight excluding hydrogens is 328 g/mol. The number of amides is 1. The number of likely N-dealkylation sites (tertiary alicyclic amines) is 1. The molecule has 1 fully saturated rings. The van der Waals surface area contributed by atoms with Gasteiger partial charge in [0.2, 0.25) is 5.91 Å². The van der Waals surface area contributed by atoms with Gasteiger partial charge in [-0.3, -0.25) is 4.79 Å². The molecule has 0 radical (unpaired) electrons. The highest BCUT2D eigenvalue weighted by Gasteiger charge is 2.35. The van der Waals surface area contributed by atoms with E-state index in [9.17, 15) is 4.79 Å². The number of nitrogens with one attached hydrogen (secondary N) is 1. The maximum Gasteiger partial charge on any atom is 0.232 e. The Morgan fingerprint density at radius 1 is 1.38 bits per heavy atom. The van der Waals surface area contributed by atoms with Crippen molar-refractivity contribution < 1.29 is 4.79 Å². The van der Waals surface area contributed by atoms with E-state index in [0.29, 0.717) is 5.92 Å². The Bertz CT molecular complexity index is 482. The Morgan fingerprint density at radius 2 is 2.05 bits per heavy atom. The van der Waals surface area contributed by atoms with Gasteiger partial charge in [-0.05, 0) is 63.9 Å². The molecule has 3 nitrogen and oxygen atoms in total. The molecule has 4 heteroatoms. The Morgan fingerprint density at radius 3 is 2.67 bits per heavy atom. The number of nitrogens with zero attached hydrogens (tertiary/aromatic N) is 1. The van der Waals surface area contributed by atoms with Gasteiger partial charge >= 0.3 is 0 Å². The van der Waals surface area contributed by atoms with Crippen LogP contribution in [0.3, 0.4) is 0 Å². The zero-order valence-corrected chi connectivity index (χ0v) is 14.7. The maximum absolute atomic E-state index is 12.9. The zero-order valence-electron chi connectivity index (χ0n) is 13.2. The number of benzene rings is 1. The number of rotatable bonds is 4. The van der Waals surface area contributed by atoms with E-state index < -0.39 is 5.41 Å². The van der Waals surface area contributed by atoms with Crippen LogP contribution in [0.5, 0.6) is 0 Å². The highest BCUT2D eigenvalue weighted by atomic mass is 79.9. The molecule has 1 atom stereocenters. The largest absolute Gasteiger partial charge is 0.342 e. The van der Waals surface area contributed by atoms with Crippen LogP contribution in [0.15, 0.2) is 28.7 Å². The Balaban J connectivity index is 2.11. The van der Waals surface area contributed by atoms with Crippen molar-refractivity contribution in [1.29, 1.82) is 0 Å². The third kappa shape index (κ3) is 3.86. The lowest BCUT2D eigenvalue weighted by Crippen LogP contribution is -2.49. The molecule has 0 aromatic heterocycles. The third-order valence-corrected chi connectivity index (χ3v) is 4.93. The minimum Gasteiger partial charge on any atom is -0.342 e. The Kier molecular flexibility index (Phi) is 5.44. The molecule has 1 amide bonds. The van der Waals surface area contributed by atoms with Gasteiger partial charge in [0.05, 0.1) is 5.41 Å². The number of carbonyl (C=O) groups excluding carboxylic acids is 1. The molecule has 1 aromatic rings. The molecular formula is C17H25BrN2O. The molecule has 1 N–H and O–H groups in total. The molecule has 2 rings (SSSR count). The fourth-order valence-electron chi connectivity index (χ4n) is 3.09. The van der Waals surface area contributed by atoms with E-state index in [1.165, 1.54) is 6.42 Å². The monoisotopic (exact) mass is 352 g/mol. The minimum atomic E-state index is -0.470. The second kappa shape index (κ2) is 6.93. The molecule has 1 aliphatic heterocycles. The van der Waals surface area contributed by atoms with Crippen LogP contribution in [0.4, 0.5) is 0 Å². The molecule has 1 unspecified atom stereocenters. The molecule has 0 aliphatic carbocycles. The van der Waals surface area contributed by atoms with Crippen LogP contribution in [-0.4, -0.2) is 37.5 Å². The molecule has 0 bridgehead atoms. The lowest BCUT2D eigenvalue weighted by Gasteiger charge is -2.38. The molecule has 1 aromatic carbocycles. The van der Waals surface area contributed by atoms with Crippen LogP contribution in [0.2, 0.25) is 0 Å². The number of hydrogen-bond acceptors (Lipinski definition) is 2. The van der Waals surface area contributed by atoms with Crippen molar-refractivity contribution in [2.75, 3.05) is 26.7 Å². The number of carbonyl (C=O) groups is 1. The van der Waals surface area contributed by atoms with Crippen LogP contribution >= 0.6 is 15.9 Å². The summed E-state index contributed by atoms with van der Waals surface area (Å²) >= 11 is 3.45. The van der Waals surface area contributed by atoms with E-state index in [1.54, 1.807) is 0 Å². The first-order valence-corrected chi connectivity index (χ1v) is 8.44. The van der Waals surface area contributed by atoms with Crippen molar-refractivity contribution in [3.05, 3.63) is 34.3 Å². The average molecular weight is 353 g/mol. The normalized spacial score (nSPS) is 19.6. The summed E-state index contributed by atoms with van der Waals surface area (Å²) in [5.74, 6) is 0.819. The van der Waals surface area contributed by atoms with E-state index in [-0.39, 0.29) is 5.91 Å². The second-order valence-electron chi connectivity index (χ2n) is 6.45. The summed E-state index contributed by atoms with van der Waals surface area (Å²) in [6, 6.07) is 8.09. The first-order valence-electron chi connectivity index (χ1n) is 7.65. The number of hydrogen-bond donors (Lipinski definition) is 1. The van der Waals surface area contributed by atoms with E-state index in [1.807, 2.05) is 50.1 Å². The summed E-state index contributed by atoms with van der Waals surface area (Å²) in [7, 11) is 1.98. The summed E-state index contributed by atoms with van der Waals surface area (Å²) in [4.78, 5) is 15.0. The lowest BCUT2D eigenvalue weighted by molar-refractivity contribution is -0.138. The molecule has 0 saturated carbocycles. The van der Waals surface area contributed by atoms with Gasteiger partial charge in [-0.15, -0.1) is 0 Å². The first-order chi connectivity index (χ1) is 9.95. The smallest absolute Gasteiger partial charge is 0.232 e. The fourth-order valence-corrected chi connectivity index (χ4v) is 3.35. The number of halogens is 1. The predicted molar refractivity (Wildman–Crippen MR) is 90.4 cm³/mol. The predicted octanol–water partition coefficient (Wildman–Crippen LogP) is 3.18. The highest BCUT2D eigenvalue weighted by Crippen LogP contribution is 2.29. The van der Waals surface area contributed by atoms with Gasteiger partial charge < -0.3 is 10.2 Å². The van der Waals surface area contributed by atoms with E-state index in [4.69, 9.17) is 0 Å². The summed E-state index contributed by atoms with van der Waals surface area (Å²) in [6.07, 6.45) is 2.32. The van der Waals surface area contributed by atoms with Gasteiger partial charge in [-0.25, -0.2) is 0 Å². The van der Waals surface area contributed by atoms with Crippen LogP contribution in [0.1, 0.15) is 32.3 Å². The minimum absolute atomic E-state index is 0.241.